The van der Waals surface area contributed by atoms with E-state index < -0.39 is 5.69 Å². The van der Waals surface area contributed by atoms with E-state index in [1.807, 2.05) is 0 Å². The molecule has 2 unspecified atom stereocenters. The Morgan fingerprint density at radius 2 is 2.13 bits per heavy atom. The molecule has 2 aromatic heterocycles. The van der Waals surface area contributed by atoms with Crippen molar-refractivity contribution in [2.75, 3.05) is 12.3 Å². The number of carbonyl (C=O) groups is 1. The van der Waals surface area contributed by atoms with Crippen molar-refractivity contribution >= 4 is 11.7 Å². The highest BCUT2D eigenvalue weighted by atomic mass is 16.5. The minimum atomic E-state index is -0.434. The van der Waals surface area contributed by atoms with Crippen LogP contribution >= 0.6 is 0 Å². The predicted molar refractivity (Wildman–Crippen MR) is 82.6 cm³/mol. The largest absolute Gasteiger partial charge is 0.383 e. The number of carbonyl (C=O) groups excluding carboxylic acids is 1. The molecule has 3 rings (SSSR count). The van der Waals surface area contributed by atoms with Crippen molar-refractivity contribution in [3.8, 4) is 0 Å². The number of aromatic nitrogens is 3. The molecule has 0 aliphatic carbocycles. The average Bonchev–Trinajstić information content (AvgIpc) is 3.02. The van der Waals surface area contributed by atoms with E-state index in [0.717, 1.165) is 6.42 Å². The summed E-state index contributed by atoms with van der Waals surface area (Å²) in [7, 11) is 0. The molecule has 8 heteroatoms. The zero-order chi connectivity index (χ0) is 16.2. The zero-order valence-corrected chi connectivity index (χ0v) is 12.4. The Bertz CT molecular complexity index is 746. The van der Waals surface area contributed by atoms with E-state index in [-0.39, 0.29) is 24.1 Å². The highest BCUT2D eigenvalue weighted by Gasteiger charge is 2.27. The second-order valence-electron chi connectivity index (χ2n) is 5.28. The minimum Gasteiger partial charge on any atom is -0.383 e. The van der Waals surface area contributed by atoms with Crippen molar-refractivity contribution in [1.82, 2.24) is 19.9 Å². The van der Waals surface area contributed by atoms with Gasteiger partial charge < -0.3 is 15.8 Å². The lowest BCUT2D eigenvalue weighted by atomic mass is 10.2. The first-order chi connectivity index (χ1) is 11.1. The van der Waals surface area contributed by atoms with Crippen molar-refractivity contribution in [1.29, 1.82) is 0 Å². The number of amides is 1. The number of anilines is 1. The number of nitrogens with zero attached hydrogens (tertiary/aromatic N) is 3. The second kappa shape index (κ2) is 6.57. The molecule has 3 heterocycles. The van der Waals surface area contributed by atoms with Crippen LogP contribution in [0.25, 0.3) is 0 Å². The molecule has 2 aromatic rings. The van der Waals surface area contributed by atoms with Gasteiger partial charge in [0.2, 0.25) is 0 Å². The number of rotatable bonds is 4. The molecule has 0 saturated carbocycles. The van der Waals surface area contributed by atoms with Gasteiger partial charge in [0.25, 0.3) is 5.91 Å². The second-order valence-corrected chi connectivity index (χ2v) is 5.28. The Morgan fingerprint density at radius 1 is 1.35 bits per heavy atom. The summed E-state index contributed by atoms with van der Waals surface area (Å²) in [6.07, 6.45) is 5.62. The predicted octanol–water partition coefficient (Wildman–Crippen LogP) is 0.328. The summed E-state index contributed by atoms with van der Waals surface area (Å²) in [5.41, 5.74) is 5.59. The van der Waals surface area contributed by atoms with E-state index in [4.69, 9.17) is 10.5 Å². The fourth-order valence-corrected chi connectivity index (χ4v) is 2.50. The molecule has 0 spiro atoms. The standard InChI is InChI=1S/C15H17N5O3/c16-12-5-8-20(15(22)19-12)13-2-1-11(23-13)9-18-14(21)10-3-6-17-7-4-10/h3-8,11,13H,1-2,9H2,(H,18,21)(H2,16,19,22). The molecule has 23 heavy (non-hydrogen) atoms. The van der Waals surface area contributed by atoms with Gasteiger partial charge in [-0.05, 0) is 31.0 Å². The third-order valence-electron chi connectivity index (χ3n) is 3.68. The van der Waals surface area contributed by atoms with Crippen molar-refractivity contribution < 1.29 is 9.53 Å². The molecular formula is C15H17N5O3. The van der Waals surface area contributed by atoms with Gasteiger partial charge in [-0.3, -0.25) is 14.3 Å². The summed E-state index contributed by atoms with van der Waals surface area (Å²) >= 11 is 0. The molecule has 2 atom stereocenters. The Hall–Kier alpha value is -2.74. The maximum atomic E-state index is 12.0. The Balaban J connectivity index is 1.56. The van der Waals surface area contributed by atoms with Crippen LogP contribution in [0.4, 0.5) is 5.82 Å². The quantitative estimate of drug-likeness (QED) is 0.840. The number of nitrogens with one attached hydrogen (secondary N) is 1. The molecule has 0 aromatic carbocycles. The lowest BCUT2D eigenvalue weighted by molar-refractivity contribution is 0.000379. The summed E-state index contributed by atoms with van der Waals surface area (Å²) in [5.74, 6) is 0.0104. The molecule has 1 aliphatic heterocycles. The zero-order valence-electron chi connectivity index (χ0n) is 12.4. The summed E-state index contributed by atoms with van der Waals surface area (Å²) in [5, 5.41) is 2.82. The van der Waals surface area contributed by atoms with E-state index in [0.29, 0.717) is 18.5 Å². The van der Waals surface area contributed by atoms with Crippen molar-refractivity contribution in [2.45, 2.75) is 25.2 Å². The van der Waals surface area contributed by atoms with Gasteiger partial charge in [0.1, 0.15) is 12.0 Å². The van der Waals surface area contributed by atoms with Gasteiger partial charge in [-0.1, -0.05) is 0 Å². The first-order valence-corrected chi connectivity index (χ1v) is 7.32. The monoisotopic (exact) mass is 315 g/mol. The number of ether oxygens (including phenoxy) is 1. The van der Waals surface area contributed by atoms with Crippen LogP contribution in [-0.2, 0) is 4.74 Å². The Morgan fingerprint density at radius 3 is 2.87 bits per heavy atom. The van der Waals surface area contributed by atoms with Crippen molar-refractivity contribution in [3.05, 3.63) is 52.8 Å². The van der Waals surface area contributed by atoms with Gasteiger partial charge in [-0.2, -0.15) is 4.98 Å². The molecule has 0 radical (unpaired) electrons. The van der Waals surface area contributed by atoms with E-state index in [9.17, 15) is 9.59 Å². The normalized spacial score (nSPS) is 20.3. The first kappa shape index (κ1) is 15.2. The first-order valence-electron chi connectivity index (χ1n) is 7.32. The van der Waals surface area contributed by atoms with Crippen LogP contribution in [-0.4, -0.2) is 33.1 Å². The highest BCUT2D eigenvalue weighted by molar-refractivity contribution is 5.93. The van der Waals surface area contributed by atoms with E-state index in [1.54, 1.807) is 36.8 Å². The molecular weight excluding hydrogens is 298 g/mol. The van der Waals surface area contributed by atoms with E-state index in [1.165, 1.54) is 4.57 Å². The summed E-state index contributed by atoms with van der Waals surface area (Å²) in [6.45, 7) is 0.384. The van der Waals surface area contributed by atoms with Crippen molar-refractivity contribution in [3.63, 3.8) is 0 Å². The van der Waals surface area contributed by atoms with Crippen LogP contribution in [0.2, 0.25) is 0 Å². The van der Waals surface area contributed by atoms with Crippen LogP contribution in [0.15, 0.2) is 41.6 Å². The van der Waals surface area contributed by atoms with Crippen LogP contribution in [0.1, 0.15) is 29.4 Å². The van der Waals surface area contributed by atoms with Gasteiger partial charge in [0.05, 0.1) is 6.10 Å². The molecule has 8 nitrogen and oxygen atoms in total. The topological polar surface area (TPSA) is 112 Å². The summed E-state index contributed by atoms with van der Waals surface area (Å²) < 4.78 is 7.23. The van der Waals surface area contributed by atoms with Gasteiger partial charge in [-0.15, -0.1) is 0 Å². The molecule has 1 saturated heterocycles. The lowest BCUT2D eigenvalue weighted by Crippen LogP contribution is -2.33. The number of hydrogen-bond acceptors (Lipinski definition) is 6. The number of hydrogen-bond donors (Lipinski definition) is 2. The molecule has 0 bridgehead atoms. The molecule has 1 fully saturated rings. The van der Waals surface area contributed by atoms with E-state index >= 15 is 0 Å². The van der Waals surface area contributed by atoms with Crippen LogP contribution in [0, 0.1) is 0 Å². The Kier molecular flexibility index (Phi) is 4.33. The smallest absolute Gasteiger partial charge is 0.351 e. The summed E-state index contributed by atoms with van der Waals surface area (Å²) in [4.78, 5) is 31.3. The third kappa shape index (κ3) is 3.54. The summed E-state index contributed by atoms with van der Waals surface area (Å²) in [6, 6.07) is 4.85. The van der Waals surface area contributed by atoms with Crippen LogP contribution in [0.3, 0.4) is 0 Å². The highest BCUT2D eigenvalue weighted by Crippen LogP contribution is 2.26. The molecule has 1 amide bonds. The average molecular weight is 315 g/mol. The van der Waals surface area contributed by atoms with Crippen LogP contribution < -0.4 is 16.7 Å². The third-order valence-corrected chi connectivity index (χ3v) is 3.68. The SMILES string of the molecule is Nc1ccn(C2CCC(CNC(=O)c3ccncc3)O2)c(=O)n1. The van der Waals surface area contributed by atoms with Crippen LogP contribution in [0.5, 0.6) is 0 Å². The fraction of sp³-hybridized carbons (Fsp3) is 0.333. The molecule has 120 valence electrons. The Labute approximate surface area is 132 Å². The maximum Gasteiger partial charge on any atom is 0.351 e. The minimum absolute atomic E-state index is 0.143. The maximum absolute atomic E-state index is 12.0. The van der Waals surface area contributed by atoms with E-state index in [2.05, 4.69) is 15.3 Å². The van der Waals surface area contributed by atoms with Gasteiger partial charge >= 0.3 is 5.69 Å². The number of pyridine rings is 1. The van der Waals surface area contributed by atoms with Gasteiger partial charge in [0, 0.05) is 30.7 Å². The lowest BCUT2D eigenvalue weighted by Gasteiger charge is -2.16. The molecule has 3 N–H and O–H groups in total. The number of nitrogen functional groups attached to an aromatic ring is 1. The fourth-order valence-electron chi connectivity index (χ4n) is 2.50. The molecule has 1 aliphatic rings. The van der Waals surface area contributed by atoms with Crippen molar-refractivity contribution in [2.24, 2.45) is 0 Å². The van der Waals surface area contributed by atoms with Gasteiger partial charge in [-0.25, -0.2) is 4.79 Å². The number of nitrogens with two attached hydrogens (primary N) is 1. The van der Waals surface area contributed by atoms with Gasteiger partial charge in [0.15, 0.2) is 0 Å².